The molecule has 5 nitrogen and oxygen atoms in total. The Hall–Kier alpha value is -2.40. The van der Waals surface area contributed by atoms with Crippen molar-refractivity contribution in [1.82, 2.24) is 19.7 Å². The largest absolute Gasteiger partial charge is 0.368 e. The van der Waals surface area contributed by atoms with E-state index in [1.54, 1.807) is 10.7 Å². The second-order valence-electron chi connectivity index (χ2n) is 4.42. The summed E-state index contributed by atoms with van der Waals surface area (Å²) in [4.78, 5) is 7.94. The van der Waals surface area contributed by atoms with Gasteiger partial charge >= 0.3 is 0 Å². The number of nitrogens with two attached hydrogens (primary N) is 1. The molecular formula is C14H12ClN5. The van der Waals surface area contributed by atoms with Gasteiger partial charge in [0.25, 0.3) is 0 Å². The predicted molar refractivity (Wildman–Crippen MR) is 78.7 cm³/mol. The third kappa shape index (κ3) is 2.48. The zero-order valence-corrected chi connectivity index (χ0v) is 11.5. The molecule has 0 aliphatic carbocycles. The molecule has 0 unspecified atom stereocenters. The summed E-state index contributed by atoms with van der Waals surface area (Å²) in [6, 6.07) is 11.7. The highest BCUT2D eigenvalue weighted by atomic mass is 35.5. The van der Waals surface area contributed by atoms with Crippen LogP contribution in [0.15, 0.2) is 42.6 Å². The topological polar surface area (TPSA) is 69.6 Å². The van der Waals surface area contributed by atoms with Crippen LogP contribution in [-0.2, 0) is 0 Å². The summed E-state index contributed by atoms with van der Waals surface area (Å²) in [6.45, 7) is 2.05. The molecule has 0 radical (unpaired) electrons. The smallest absolute Gasteiger partial charge is 0.223 e. The summed E-state index contributed by atoms with van der Waals surface area (Å²) < 4.78 is 1.63. The van der Waals surface area contributed by atoms with Crippen molar-refractivity contribution >= 4 is 17.5 Å². The highest BCUT2D eigenvalue weighted by Crippen LogP contribution is 2.20. The highest BCUT2D eigenvalue weighted by molar-refractivity contribution is 6.29. The van der Waals surface area contributed by atoms with Crippen molar-refractivity contribution < 1.29 is 0 Å². The van der Waals surface area contributed by atoms with Gasteiger partial charge in [0, 0.05) is 17.8 Å². The van der Waals surface area contributed by atoms with Crippen LogP contribution in [0.5, 0.6) is 0 Å². The first-order valence-electron chi connectivity index (χ1n) is 6.05. The summed E-state index contributed by atoms with van der Waals surface area (Å²) in [7, 11) is 0. The van der Waals surface area contributed by atoms with E-state index in [4.69, 9.17) is 17.3 Å². The van der Waals surface area contributed by atoms with Crippen molar-refractivity contribution in [2.24, 2.45) is 0 Å². The van der Waals surface area contributed by atoms with Gasteiger partial charge in [0.1, 0.15) is 5.15 Å². The molecular weight excluding hydrogens is 274 g/mol. The molecule has 3 rings (SSSR count). The Morgan fingerprint density at radius 2 is 2.00 bits per heavy atom. The summed E-state index contributed by atoms with van der Waals surface area (Å²) in [5.74, 6) is 0.668. The number of halogens is 1. The Bertz CT molecular complexity index is 746. The average Bonchev–Trinajstić information content (AvgIpc) is 2.87. The van der Waals surface area contributed by atoms with Crippen molar-refractivity contribution in [2.45, 2.75) is 6.92 Å². The molecule has 3 aromatic rings. The second-order valence-corrected chi connectivity index (χ2v) is 4.81. The molecule has 2 aromatic heterocycles. The number of hydrogen-bond donors (Lipinski definition) is 1. The zero-order chi connectivity index (χ0) is 14.1. The van der Waals surface area contributed by atoms with Crippen LogP contribution in [0.4, 0.5) is 5.95 Å². The van der Waals surface area contributed by atoms with Crippen LogP contribution in [0.25, 0.3) is 17.1 Å². The standard InChI is InChI=1S/C14H12ClN5/c1-9-3-2-4-10(7-9)11-5-6-20(19-11)13-8-12(15)17-14(16)18-13/h2-8H,1H3,(H2,16,17,18). The van der Waals surface area contributed by atoms with Gasteiger partial charge in [0.05, 0.1) is 5.69 Å². The van der Waals surface area contributed by atoms with Gasteiger partial charge in [-0.15, -0.1) is 0 Å². The second kappa shape index (κ2) is 4.94. The van der Waals surface area contributed by atoms with Gasteiger partial charge < -0.3 is 5.73 Å². The fourth-order valence-corrected chi connectivity index (χ4v) is 2.13. The van der Waals surface area contributed by atoms with E-state index in [1.807, 2.05) is 37.4 Å². The molecule has 20 heavy (non-hydrogen) atoms. The normalized spacial score (nSPS) is 10.7. The van der Waals surface area contributed by atoms with E-state index in [9.17, 15) is 0 Å². The Morgan fingerprint density at radius 3 is 2.75 bits per heavy atom. The molecule has 0 saturated heterocycles. The summed E-state index contributed by atoms with van der Waals surface area (Å²) in [6.07, 6.45) is 1.82. The Labute approximate surface area is 121 Å². The molecule has 0 amide bonds. The maximum atomic E-state index is 5.87. The van der Waals surface area contributed by atoms with Crippen LogP contribution in [0.1, 0.15) is 5.56 Å². The molecule has 2 heterocycles. The minimum atomic E-state index is 0.125. The van der Waals surface area contributed by atoms with Crippen molar-refractivity contribution in [3.05, 3.63) is 53.3 Å². The van der Waals surface area contributed by atoms with Crippen LogP contribution in [-0.4, -0.2) is 19.7 Å². The zero-order valence-electron chi connectivity index (χ0n) is 10.8. The molecule has 0 aliphatic heterocycles. The van der Waals surface area contributed by atoms with E-state index in [-0.39, 0.29) is 5.95 Å². The molecule has 0 fully saturated rings. The number of nitrogens with zero attached hydrogens (tertiary/aromatic N) is 4. The lowest BCUT2D eigenvalue weighted by Gasteiger charge is -2.02. The third-order valence-corrected chi connectivity index (χ3v) is 3.03. The average molecular weight is 286 g/mol. The third-order valence-electron chi connectivity index (χ3n) is 2.84. The quantitative estimate of drug-likeness (QED) is 0.735. The Balaban J connectivity index is 2.02. The first-order valence-corrected chi connectivity index (χ1v) is 6.43. The fourth-order valence-electron chi connectivity index (χ4n) is 1.95. The Kier molecular flexibility index (Phi) is 3.12. The molecule has 0 spiro atoms. The summed E-state index contributed by atoms with van der Waals surface area (Å²) in [5, 5.41) is 4.78. The number of rotatable bonds is 2. The molecule has 6 heteroatoms. The number of anilines is 1. The van der Waals surface area contributed by atoms with E-state index >= 15 is 0 Å². The summed E-state index contributed by atoms with van der Waals surface area (Å²) >= 11 is 5.87. The predicted octanol–water partition coefficient (Wildman–Crippen LogP) is 2.87. The van der Waals surface area contributed by atoms with Gasteiger partial charge in [-0.05, 0) is 19.1 Å². The maximum absolute atomic E-state index is 5.87. The lowest BCUT2D eigenvalue weighted by molar-refractivity contribution is 0.846. The lowest BCUT2D eigenvalue weighted by Crippen LogP contribution is -2.03. The summed E-state index contributed by atoms with van der Waals surface area (Å²) in [5.41, 5.74) is 8.69. The molecule has 1 aromatic carbocycles. The van der Waals surface area contributed by atoms with E-state index in [2.05, 4.69) is 21.1 Å². The molecule has 0 atom stereocenters. The minimum absolute atomic E-state index is 0.125. The van der Waals surface area contributed by atoms with E-state index in [1.165, 1.54) is 5.56 Å². The minimum Gasteiger partial charge on any atom is -0.368 e. The monoisotopic (exact) mass is 285 g/mol. The first-order chi connectivity index (χ1) is 9.61. The number of hydrogen-bond acceptors (Lipinski definition) is 4. The highest BCUT2D eigenvalue weighted by Gasteiger charge is 2.07. The van der Waals surface area contributed by atoms with Crippen molar-refractivity contribution in [3.63, 3.8) is 0 Å². The van der Waals surface area contributed by atoms with Crippen LogP contribution in [0, 0.1) is 6.92 Å². The number of aryl methyl sites for hydroxylation is 1. The van der Waals surface area contributed by atoms with E-state index < -0.39 is 0 Å². The van der Waals surface area contributed by atoms with Gasteiger partial charge in [-0.3, -0.25) is 0 Å². The molecule has 0 aliphatic rings. The van der Waals surface area contributed by atoms with Gasteiger partial charge in [-0.25, -0.2) is 9.67 Å². The van der Waals surface area contributed by atoms with Crippen LogP contribution >= 0.6 is 11.6 Å². The van der Waals surface area contributed by atoms with Crippen molar-refractivity contribution in [1.29, 1.82) is 0 Å². The maximum Gasteiger partial charge on any atom is 0.223 e. The van der Waals surface area contributed by atoms with Crippen LogP contribution in [0.3, 0.4) is 0 Å². The molecule has 0 saturated carbocycles. The molecule has 0 bridgehead atoms. The van der Waals surface area contributed by atoms with Crippen molar-refractivity contribution in [2.75, 3.05) is 5.73 Å². The lowest BCUT2D eigenvalue weighted by atomic mass is 10.1. The van der Waals surface area contributed by atoms with Gasteiger partial charge in [-0.2, -0.15) is 10.1 Å². The van der Waals surface area contributed by atoms with E-state index in [0.717, 1.165) is 11.3 Å². The molecule has 2 N–H and O–H groups in total. The van der Waals surface area contributed by atoms with Gasteiger partial charge in [0.15, 0.2) is 5.82 Å². The fraction of sp³-hybridized carbons (Fsp3) is 0.0714. The van der Waals surface area contributed by atoms with Crippen LogP contribution < -0.4 is 5.73 Å². The number of nitrogen functional groups attached to an aromatic ring is 1. The Morgan fingerprint density at radius 1 is 1.15 bits per heavy atom. The van der Waals surface area contributed by atoms with Gasteiger partial charge in [-0.1, -0.05) is 35.4 Å². The number of aromatic nitrogens is 4. The molecule has 100 valence electrons. The SMILES string of the molecule is Cc1cccc(-c2ccn(-c3cc(Cl)nc(N)n3)n2)c1. The van der Waals surface area contributed by atoms with Crippen molar-refractivity contribution in [3.8, 4) is 17.1 Å². The first kappa shape index (κ1) is 12.6. The number of benzene rings is 1. The van der Waals surface area contributed by atoms with E-state index in [0.29, 0.717) is 11.0 Å². The van der Waals surface area contributed by atoms with Gasteiger partial charge in [0.2, 0.25) is 5.95 Å². The van der Waals surface area contributed by atoms with Crippen LogP contribution in [0.2, 0.25) is 5.15 Å².